The zero-order valence-corrected chi connectivity index (χ0v) is 12.8. The lowest BCUT2D eigenvalue weighted by atomic mass is 9.83. The molecule has 122 valence electrons. The van der Waals surface area contributed by atoms with E-state index in [-0.39, 0.29) is 18.9 Å². The van der Waals surface area contributed by atoms with Crippen LogP contribution in [-0.2, 0) is 19.2 Å². The predicted octanol–water partition coefficient (Wildman–Crippen LogP) is 2.93. The number of ether oxygens (including phenoxy) is 1. The molecule has 1 aliphatic carbocycles. The third-order valence-corrected chi connectivity index (χ3v) is 4.38. The average Bonchev–Trinajstić information content (AvgIpc) is 2.88. The first-order valence-electron chi connectivity index (χ1n) is 7.93. The van der Waals surface area contributed by atoms with E-state index in [1.54, 1.807) is 0 Å². The molecule has 1 heterocycles. The van der Waals surface area contributed by atoms with Crippen molar-refractivity contribution in [1.29, 1.82) is 0 Å². The van der Waals surface area contributed by atoms with E-state index in [1.807, 2.05) is 18.2 Å². The smallest absolute Gasteiger partial charge is 0.429 e. The van der Waals surface area contributed by atoms with Crippen LogP contribution in [0.5, 0.6) is 0 Å². The molecule has 0 unspecified atom stereocenters. The Labute approximate surface area is 134 Å². The van der Waals surface area contributed by atoms with Crippen LogP contribution in [-0.4, -0.2) is 29.1 Å². The van der Waals surface area contributed by atoms with Gasteiger partial charge in [-0.1, -0.05) is 35.4 Å². The molecule has 0 bridgehead atoms. The molecule has 6 heteroatoms. The molecule has 0 N–H and O–H groups in total. The van der Waals surface area contributed by atoms with Crippen molar-refractivity contribution in [3.8, 4) is 0 Å². The van der Waals surface area contributed by atoms with Crippen LogP contribution >= 0.6 is 0 Å². The first-order chi connectivity index (χ1) is 11.1. The van der Waals surface area contributed by atoms with Crippen LogP contribution < -0.4 is 0 Å². The summed E-state index contributed by atoms with van der Waals surface area (Å²) in [6.45, 7) is 0. The summed E-state index contributed by atoms with van der Waals surface area (Å²) in [6, 6.07) is 10.3. The normalized spacial score (nSPS) is 24.6. The molecule has 1 aromatic carbocycles. The van der Waals surface area contributed by atoms with E-state index in [9.17, 15) is 14.4 Å². The number of carbonyl (C=O) groups is 3. The van der Waals surface area contributed by atoms with Crippen LogP contribution in [0.2, 0.25) is 0 Å². The van der Waals surface area contributed by atoms with E-state index < -0.39 is 18.0 Å². The summed E-state index contributed by atoms with van der Waals surface area (Å²) < 4.78 is 5.23. The molecular weight excluding hydrogens is 298 g/mol. The van der Waals surface area contributed by atoms with Gasteiger partial charge in [-0.3, -0.25) is 14.4 Å². The largest absolute Gasteiger partial charge is 0.534 e. The van der Waals surface area contributed by atoms with Crippen LogP contribution in [0.1, 0.15) is 50.0 Å². The van der Waals surface area contributed by atoms with Crippen LogP contribution in [0.3, 0.4) is 0 Å². The molecule has 1 saturated heterocycles. The van der Waals surface area contributed by atoms with Gasteiger partial charge in [-0.05, 0) is 37.2 Å². The molecule has 3 rings (SSSR count). The first kappa shape index (κ1) is 15.5. The van der Waals surface area contributed by atoms with Gasteiger partial charge in [0, 0.05) is 12.8 Å². The van der Waals surface area contributed by atoms with Gasteiger partial charge < -0.3 is 4.74 Å². The summed E-state index contributed by atoms with van der Waals surface area (Å²) >= 11 is 0. The molecule has 1 saturated carbocycles. The minimum absolute atomic E-state index is 0.0777. The monoisotopic (exact) mass is 317 g/mol. The summed E-state index contributed by atoms with van der Waals surface area (Å²) in [4.78, 5) is 39.2. The van der Waals surface area contributed by atoms with Gasteiger partial charge >= 0.3 is 6.16 Å². The number of hydrogen-bond acceptors (Lipinski definition) is 5. The molecule has 2 amide bonds. The van der Waals surface area contributed by atoms with Crippen LogP contribution in [0, 0.1) is 0 Å². The molecule has 2 fully saturated rings. The van der Waals surface area contributed by atoms with E-state index >= 15 is 0 Å². The molecule has 0 radical (unpaired) electrons. The van der Waals surface area contributed by atoms with Gasteiger partial charge in [0.05, 0.1) is 0 Å². The SMILES string of the molecule is O=C(ON1C(=O)CCC1=O)O[C@H]1CC[C@H](c2ccccc2)CC1. The summed E-state index contributed by atoms with van der Waals surface area (Å²) in [6.07, 6.45) is 2.31. The minimum atomic E-state index is -0.975. The second-order valence-electron chi connectivity index (χ2n) is 5.93. The number of carbonyl (C=O) groups excluding carboxylic acids is 3. The molecular formula is C17H19NO5. The molecule has 6 nitrogen and oxygen atoms in total. The highest BCUT2D eigenvalue weighted by Crippen LogP contribution is 2.34. The molecule has 1 aliphatic heterocycles. The van der Waals surface area contributed by atoms with Crippen molar-refractivity contribution in [2.45, 2.75) is 50.5 Å². The second kappa shape index (κ2) is 6.81. The maximum atomic E-state index is 11.7. The number of hydrogen-bond donors (Lipinski definition) is 0. The third kappa shape index (κ3) is 3.70. The van der Waals surface area contributed by atoms with E-state index in [1.165, 1.54) is 5.56 Å². The van der Waals surface area contributed by atoms with E-state index in [2.05, 4.69) is 12.1 Å². The molecule has 0 spiro atoms. The fraction of sp³-hybridized carbons (Fsp3) is 0.471. The molecule has 2 aliphatic rings. The molecule has 1 aromatic rings. The average molecular weight is 317 g/mol. The highest BCUT2D eigenvalue weighted by Gasteiger charge is 2.34. The second-order valence-corrected chi connectivity index (χ2v) is 5.93. The summed E-state index contributed by atoms with van der Waals surface area (Å²) in [7, 11) is 0. The van der Waals surface area contributed by atoms with Gasteiger partial charge in [0.25, 0.3) is 11.8 Å². The summed E-state index contributed by atoms with van der Waals surface area (Å²) in [5.41, 5.74) is 1.31. The van der Waals surface area contributed by atoms with Crippen molar-refractivity contribution in [3.05, 3.63) is 35.9 Å². The van der Waals surface area contributed by atoms with Gasteiger partial charge in [0.15, 0.2) is 0 Å². The molecule has 23 heavy (non-hydrogen) atoms. The number of amides is 2. The van der Waals surface area contributed by atoms with Crippen LogP contribution in [0.25, 0.3) is 0 Å². The number of imide groups is 1. The number of benzene rings is 1. The Morgan fingerprint density at radius 3 is 2.17 bits per heavy atom. The Morgan fingerprint density at radius 1 is 0.957 bits per heavy atom. The van der Waals surface area contributed by atoms with Crippen molar-refractivity contribution in [2.75, 3.05) is 0 Å². The lowest BCUT2D eigenvalue weighted by Crippen LogP contribution is -2.34. The van der Waals surface area contributed by atoms with Crippen molar-refractivity contribution in [1.82, 2.24) is 5.06 Å². The van der Waals surface area contributed by atoms with Crippen molar-refractivity contribution >= 4 is 18.0 Å². The van der Waals surface area contributed by atoms with Gasteiger partial charge in [0.1, 0.15) is 6.10 Å². The van der Waals surface area contributed by atoms with Crippen molar-refractivity contribution in [2.24, 2.45) is 0 Å². The zero-order chi connectivity index (χ0) is 16.2. The van der Waals surface area contributed by atoms with Crippen LogP contribution in [0.4, 0.5) is 4.79 Å². The lowest BCUT2D eigenvalue weighted by Gasteiger charge is -2.28. The van der Waals surface area contributed by atoms with Crippen LogP contribution in [0.15, 0.2) is 30.3 Å². The van der Waals surface area contributed by atoms with Crippen molar-refractivity contribution in [3.63, 3.8) is 0 Å². The van der Waals surface area contributed by atoms with Gasteiger partial charge in [-0.25, -0.2) is 4.79 Å². The predicted molar refractivity (Wildman–Crippen MR) is 80.1 cm³/mol. The maximum Gasteiger partial charge on any atom is 0.534 e. The topological polar surface area (TPSA) is 72.9 Å². The Hall–Kier alpha value is -2.37. The number of rotatable bonds is 3. The van der Waals surface area contributed by atoms with E-state index in [0.717, 1.165) is 25.7 Å². The van der Waals surface area contributed by atoms with Gasteiger partial charge in [-0.2, -0.15) is 0 Å². The number of nitrogens with zero attached hydrogens (tertiary/aromatic N) is 1. The van der Waals surface area contributed by atoms with Gasteiger partial charge in [-0.15, -0.1) is 0 Å². The van der Waals surface area contributed by atoms with Gasteiger partial charge in [0.2, 0.25) is 0 Å². The molecule has 0 aromatic heterocycles. The fourth-order valence-electron chi connectivity index (χ4n) is 3.13. The zero-order valence-electron chi connectivity index (χ0n) is 12.8. The van der Waals surface area contributed by atoms with Crippen molar-refractivity contribution < 1.29 is 24.0 Å². The molecule has 0 atom stereocenters. The lowest BCUT2D eigenvalue weighted by molar-refractivity contribution is -0.179. The summed E-state index contributed by atoms with van der Waals surface area (Å²) in [5, 5.41) is 0.512. The Morgan fingerprint density at radius 2 is 1.57 bits per heavy atom. The fourth-order valence-corrected chi connectivity index (χ4v) is 3.13. The Kier molecular flexibility index (Phi) is 4.60. The highest BCUT2D eigenvalue weighted by molar-refractivity contribution is 6.01. The minimum Gasteiger partial charge on any atom is -0.429 e. The third-order valence-electron chi connectivity index (χ3n) is 4.38. The highest BCUT2D eigenvalue weighted by atomic mass is 16.8. The quantitative estimate of drug-likeness (QED) is 0.633. The maximum absolute atomic E-state index is 11.7. The Bertz CT molecular complexity index is 576. The Balaban J connectivity index is 1.46. The first-order valence-corrected chi connectivity index (χ1v) is 7.93. The van der Waals surface area contributed by atoms with E-state index in [0.29, 0.717) is 11.0 Å². The summed E-state index contributed by atoms with van der Waals surface area (Å²) in [5.74, 6) is -0.520. The van der Waals surface area contributed by atoms with E-state index in [4.69, 9.17) is 9.57 Å². The number of hydroxylamine groups is 2. The standard InChI is InChI=1S/C17H19NO5/c19-15-10-11-16(20)18(15)23-17(21)22-14-8-6-13(7-9-14)12-4-2-1-3-5-12/h1-5,13-14H,6-11H2/t13-,14-.